The molecular formula is C21H31N3O2. The fourth-order valence-corrected chi connectivity index (χ4v) is 3.16. The summed E-state index contributed by atoms with van der Waals surface area (Å²) >= 11 is 0. The number of para-hydroxylation sites is 1. The number of fused-ring (bicyclic) bond motifs is 1. The Hall–Kier alpha value is -2.17. The van der Waals surface area contributed by atoms with E-state index < -0.39 is 0 Å². The van der Waals surface area contributed by atoms with Gasteiger partial charge in [-0.2, -0.15) is 0 Å². The molecule has 5 nitrogen and oxygen atoms in total. The zero-order valence-electron chi connectivity index (χ0n) is 16.4. The Balaban J connectivity index is 1.82. The molecule has 0 bridgehead atoms. The number of carbonyl (C=O) groups excluding carboxylic acids is 1. The second-order valence-electron chi connectivity index (χ2n) is 7.61. The molecule has 0 aliphatic rings. The maximum Gasteiger partial charge on any atom is 0.261 e. The lowest BCUT2D eigenvalue weighted by Gasteiger charge is -2.14. The van der Waals surface area contributed by atoms with Crippen LogP contribution in [-0.2, 0) is 11.3 Å². The highest BCUT2D eigenvalue weighted by molar-refractivity contribution is 5.80. The molecule has 1 amide bonds. The van der Waals surface area contributed by atoms with Crippen LogP contribution in [-0.4, -0.2) is 21.5 Å². The summed E-state index contributed by atoms with van der Waals surface area (Å²) < 4.78 is 1.60. The number of aryl methyl sites for hydroxylation is 2. The van der Waals surface area contributed by atoms with Crippen molar-refractivity contribution in [2.75, 3.05) is 0 Å². The number of rotatable bonds is 9. The minimum absolute atomic E-state index is 0.0406. The fourth-order valence-electron chi connectivity index (χ4n) is 3.16. The molecular weight excluding hydrogens is 326 g/mol. The monoisotopic (exact) mass is 357 g/mol. The molecule has 5 heteroatoms. The molecule has 1 aromatic carbocycles. The number of aromatic nitrogens is 2. The van der Waals surface area contributed by atoms with Crippen molar-refractivity contribution >= 4 is 16.8 Å². The van der Waals surface area contributed by atoms with Crippen molar-refractivity contribution in [3.63, 3.8) is 0 Å². The summed E-state index contributed by atoms with van der Waals surface area (Å²) in [6, 6.07) is 5.83. The maximum atomic E-state index is 12.5. The quantitative estimate of drug-likeness (QED) is 0.742. The van der Waals surface area contributed by atoms with Crippen LogP contribution in [0.25, 0.3) is 10.9 Å². The lowest BCUT2D eigenvalue weighted by atomic mass is 10.0. The first kappa shape index (κ1) is 20.1. The predicted octanol–water partition coefficient (Wildman–Crippen LogP) is 3.82. The first-order valence-corrected chi connectivity index (χ1v) is 9.62. The van der Waals surface area contributed by atoms with Crippen LogP contribution in [0.4, 0.5) is 0 Å². The Morgan fingerprint density at radius 2 is 1.96 bits per heavy atom. The topological polar surface area (TPSA) is 64.0 Å². The van der Waals surface area contributed by atoms with Crippen molar-refractivity contribution in [2.24, 2.45) is 5.92 Å². The molecule has 1 heterocycles. The summed E-state index contributed by atoms with van der Waals surface area (Å²) in [6.45, 7) is 8.94. The largest absolute Gasteiger partial charge is 0.354 e. The standard InChI is InChI=1S/C21H31N3O2/c1-15(2)8-5-10-17(4)23-19(25)12-7-13-24-14-22-20-16(3)9-6-11-18(20)21(24)26/h6,9,11,14-15,17H,5,7-8,10,12-13H2,1-4H3,(H,23,25)/t17-/m0/s1. The van der Waals surface area contributed by atoms with Crippen LogP contribution in [0.15, 0.2) is 29.3 Å². The molecule has 0 unspecified atom stereocenters. The van der Waals surface area contributed by atoms with Gasteiger partial charge in [0.05, 0.1) is 17.2 Å². The Kier molecular flexibility index (Phi) is 7.37. The Bertz CT molecular complexity index is 795. The van der Waals surface area contributed by atoms with Gasteiger partial charge < -0.3 is 5.32 Å². The summed E-state index contributed by atoms with van der Waals surface area (Å²) in [5.41, 5.74) is 1.71. The Labute approximate surface area is 155 Å². The number of amides is 1. The second-order valence-corrected chi connectivity index (χ2v) is 7.61. The van der Waals surface area contributed by atoms with Gasteiger partial charge >= 0.3 is 0 Å². The lowest BCUT2D eigenvalue weighted by molar-refractivity contribution is -0.121. The highest BCUT2D eigenvalue weighted by atomic mass is 16.1. The van der Waals surface area contributed by atoms with Gasteiger partial charge in [-0.15, -0.1) is 0 Å². The van der Waals surface area contributed by atoms with Gasteiger partial charge in [-0.05, 0) is 44.2 Å². The first-order valence-electron chi connectivity index (χ1n) is 9.62. The van der Waals surface area contributed by atoms with Crippen molar-refractivity contribution in [1.29, 1.82) is 0 Å². The van der Waals surface area contributed by atoms with Gasteiger partial charge in [-0.25, -0.2) is 4.98 Å². The second kappa shape index (κ2) is 9.51. The van der Waals surface area contributed by atoms with Crippen LogP contribution in [0.1, 0.15) is 58.4 Å². The summed E-state index contributed by atoms with van der Waals surface area (Å²) in [5, 5.41) is 3.68. The van der Waals surface area contributed by atoms with E-state index in [-0.39, 0.29) is 17.5 Å². The van der Waals surface area contributed by atoms with Gasteiger partial charge in [0.15, 0.2) is 0 Å². The number of benzene rings is 1. The average molecular weight is 357 g/mol. The molecule has 0 spiro atoms. The summed E-state index contributed by atoms with van der Waals surface area (Å²) in [4.78, 5) is 29.0. The van der Waals surface area contributed by atoms with Crippen molar-refractivity contribution in [3.8, 4) is 0 Å². The molecule has 2 rings (SSSR count). The molecule has 0 aliphatic carbocycles. The number of hydrogen-bond acceptors (Lipinski definition) is 3. The van der Waals surface area contributed by atoms with Gasteiger partial charge in [0, 0.05) is 19.0 Å². The third-order valence-corrected chi connectivity index (χ3v) is 4.68. The molecule has 0 aliphatic heterocycles. The van der Waals surface area contributed by atoms with E-state index in [1.165, 1.54) is 6.42 Å². The molecule has 0 radical (unpaired) electrons. The Morgan fingerprint density at radius 3 is 2.69 bits per heavy atom. The van der Waals surface area contributed by atoms with Gasteiger partial charge in [0.1, 0.15) is 0 Å². The third-order valence-electron chi connectivity index (χ3n) is 4.68. The van der Waals surface area contributed by atoms with E-state index in [0.717, 1.165) is 23.9 Å². The van der Waals surface area contributed by atoms with E-state index in [1.54, 1.807) is 17.0 Å². The summed E-state index contributed by atoms with van der Waals surface area (Å²) in [6.07, 6.45) is 5.98. The van der Waals surface area contributed by atoms with Crippen LogP contribution < -0.4 is 10.9 Å². The van der Waals surface area contributed by atoms with Crippen LogP contribution in [0.2, 0.25) is 0 Å². The molecule has 2 aromatic rings. The maximum absolute atomic E-state index is 12.5. The predicted molar refractivity (Wildman–Crippen MR) is 106 cm³/mol. The SMILES string of the molecule is Cc1cccc2c(=O)n(CCCC(=O)N[C@@H](C)CCCC(C)C)cnc12. The number of nitrogens with zero attached hydrogens (tertiary/aromatic N) is 2. The van der Waals surface area contributed by atoms with Crippen LogP contribution >= 0.6 is 0 Å². The van der Waals surface area contributed by atoms with Crippen molar-refractivity contribution in [3.05, 3.63) is 40.4 Å². The summed E-state index contributed by atoms with van der Waals surface area (Å²) in [7, 11) is 0. The van der Waals surface area contributed by atoms with E-state index in [0.29, 0.717) is 30.7 Å². The van der Waals surface area contributed by atoms with E-state index in [4.69, 9.17) is 0 Å². The number of carbonyl (C=O) groups is 1. The molecule has 0 saturated carbocycles. The smallest absolute Gasteiger partial charge is 0.261 e. The van der Waals surface area contributed by atoms with Gasteiger partial charge in [0.25, 0.3) is 5.56 Å². The molecule has 0 fully saturated rings. The number of nitrogens with one attached hydrogen (secondary N) is 1. The first-order chi connectivity index (χ1) is 12.4. The van der Waals surface area contributed by atoms with Crippen molar-refractivity contribution in [2.45, 2.75) is 72.4 Å². The van der Waals surface area contributed by atoms with Gasteiger partial charge in [0.2, 0.25) is 5.91 Å². The normalized spacial score (nSPS) is 12.5. The molecule has 1 N–H and O–H groups in total. The van der Waals surface area contributed by atoms with E-state index in [1.807, 2.05) is 19.1 Å². The zero-order chi connectivity index (χ0) is 19.1. The van der Waals surface area contributed by atoms with E-state index in [9.17, 15) is 9.59 Å². The zero-order valence-corrected chi connectivity index (χ0v) is 16.4. The minimum Gasteiger partial charge on any atom is -0.354 e. The summed E-state index contributed by atoms with van der Waals surface area (Å²) in [5.74, 6) is 0.759. The highest BCUT2D eigenvalue weighted by Crippen LogP contribution is 2.11. The minimum atomic E-state index is -0.0406. The molecule has 0 saturated heterocycles. The van der Waals surface area contributed by atoms with Crippen LogP contribution in [0.5, 0.6) is 0 Å². The van der Waals surface area contributed by atoms with Crippen molar-refractivity contribution < 1.29 is 4.79 Å². The van der Waals surface area contributed by atoms with Crippen LogP contribution in [0.3, 0.4) is 0 Å². The molecule has 142 valence electrons. The van der Waals surface area contributed by atoms with Crippen LogP contribution in [0, 0.1) is 12.8 Å². The van der Waals surface area contributed by atoms with E-state index in [2.05, 4.69) is 31.1 Å². The van der Waals surface area contributed by atoms with Crippen molar-refractivity contribution in [1.82, 2.24) is 14.9 Å². The van der Waals surface area contributed by atoms with Gasteiger partial charge in [-0.1, -0.05) is 38.8 Å². The molecule has 26 heavy (non-hydrogen) atoms. The fraction of sp³-hybridized carbons (Fsp3) is 0.571. The van der Waals surface area contributed by atoms with Gasteiger partial charge in [-0.3, -0.25) is 14.2 Å². The lowest BCUT2D eigenvalue weighted by Crippen LogP contribution is -2.32. The highest BCUT2D eigenvalue weighted by Gasteiger charge is 2.09. The Morgan fingerprint density at radius 1 is 1.19 bits per heavy atom. The molecule has 1 aromatic heterocycles. The molecule has 1 atom stereocenters. The number of hydrogen-bond donors (Lipinski definition) is 1. The average Bonchev–Trinajstić information content (AvgIpc) is 2.57. The van der Waals surface area contributed by atoms with E-state index >= 15 is 0 Å². The third kappa shape index (κ3) is 5.68.